The normalized spacial score (nSPS) is 10.4. The minimum Gasteiger partial charge on any atom is -0.465 e. The number of carbonyl (C=O) groups is 1. The third-order valence-electron chi connectivity index (χ3n) is 2.78. The van der Waals surface area contributed by atoms with Gasteiger partial charge in [-0.05, 0) is 18.9 Å². The average molecular weight is 261 g/mol. The van der Waals surface area contributed by atoms with Gasteiger partial charge in [0.05, 0.1) is 12.8 Å². The van der Waals surface area contributed by atoms with Crippen molar-refractivity contribution in [3.05, 3.63) is 40.4 Å². The lowest BCUT2D eigenvalue weighted by atomic mass is 10.1. The molecule has 0 bridgehead atoms. The van der Waals surface area contributed by atoms with E-state index >= 15 is 0 Å². The van der Waals surface area contributed by atoms with E-state index < -0.39 is 0 Å². The van der Waals surface area contributed by atoms with Crippen LogP contribution in [0.25, 0.3) is 10.6 Å². The number of hydrogen-bond acceptors (Lipinski definition) is 4. The van der Waals surface area contributed by atoms with Gasteiger partial charge >= 0.3 is 5.97 Å². The first kappa shape index (κ1) is 12.8. The highest BCUT2D eigenvalue weighted by Gasteiger charge is 2.16. The molecule has 0 radical (unpaired) electrons. The molecule has 0 amide bonds. The molecule has 0 aliphatic carbocycles. The van der Waals surface area contributed by atoms with E-state index in [2.05, 4.69) is 24.0 Å². The van der Waals surface area contributed by atoms with Gasteiger partial charge in [-0.15, -0.1) is 11.3 Å². The molecule has 0 aliphatic heterocycles. The summed E-state index contributed by atoms with van der Waals surface area (Å²) in [5, 5.41) is 0.857. The lowest BCUT2D eigenvalue weighted by molar-refractivity contribution is 0.0605. The Balaban J connectivity index is 2.36. The summed E-state index contributed by atoms with van der Waals surface area (Å²) in [6.07, 6.45) is 1.02. The van der Waals surface area contributed by atoms with Gasteiger partial charge in [0.15, 0.2) is 0 Å². The van der Waals surface area contributed by atoms with Crippen LogP contribution in [0.15, 0.2) is 24.3 Å². The van der Waals surface area contributed by atoms with Crippen molar-refractivity contribution in [1.29, 1.82) is 0 Å². The second-order valence-electron chi connectivity index (χ2n) is 3.98. The lowest BCUT2D eigenvalue weighted by Gasteiger charge is -1.98. The number of methoxy groups -OCH3 is 1. The fraction of sp³-hybridized carbons (Fsp3) is 0.286. The van der Waals surface area contributed by atoms with Crippen LogP contribution in [-0.2, 0) is 11.2 Å². The number of rotatable bonds is 3. The highest BCUT2D eigenvalue weighted by molar-refractivity contribution is 7.17. The number of ether oxygens (including phenoxy) is 1. The predicted molar refractivity (Wildman–Crippen MR) is 73.0 cm³/mol. The van der Waals surface area contributed by atoms with Gasteiger partial charge in [-0.2, -0.15) is 0 Å². The Morgan fingerprint density at radius 1 is 1.33 bits per heavy atom. The number of thiazole rings is 1. The second kappa shape index (κ2) is 5.31. The Morgan fingerprint density at radius 2 is 2.00 bits per heavy atom. The molecule has 0 unspecified atom stereocenters. The van der Waals surface area contributed by atoms with Crippen molar-refractivity contribution in [2.75, 3.05) is 7.11 Å². The van der Waals surface area contributed by atoms with Crippen molar-refractivity contribution < 1.29 is 9.53 Å². The summed E-state index contributed by atoms with van der Waals surface area (Å²) in [6.45, 7) is 3.95. The first-order valence-electron chi connectivity index (χ1n) is 5.80. The van der Waals surface area contributed by atoms with Crippen LogP contribution in [0.5, 0.6) is 0 Å². The number of hydrogen-bond donors (Lipinski definition) is 0. The molecule has 0 fully saturated rings. The van der Waals surface area contributed by atoms with Crippen LogP contribution < -0.4 is 0 Å². The minimum atomic E-state index is -0.318. The lowest BCUT2D eigenvalue weighted by Crippen LogP contribution is -1.99. The molecule has 18 heavy (non-hydrogen) atoms. The van der Waals surface area contributed by atoms with Crippen LogP contribution in [0.2, 0.25) is 0 Å². The molecule has 3 nitrogen and oxygen atoms in total. The molecule has 0 N–H and O–H groups in total. The van der Waals surface area contributed by atoms with Gasteiger partial charge in [0.25, 0.3) is 0 Å². The second-order valence-corrected chi connectivity index (χ2v) is 4.97. The largest absolute Gasteiger partial charge is 0.465 e. The quantitative estimate of drug-likeness (QED) is 0.794. The monoisotopic (exact) mass is 261 g/mol. The number of esters is 1. The minimum absolute atomic E-state index is 0.318. The van der Waals surface area contributed by atoms with E-state index in [1.54, 1.807) is 0 Å². The third-order valence-corrected chi connectivity index (χ3v) is 3.96. The molecule has 2 rings (SSSR count). The van der Waals surface area contributed by atoms with Gasteiger partial charge in [0.1, 0.15) is 9.88 Å². The van der Waals surface area contributed by atoms with Gasteiger partial charge in [-0.25, -0.2) is 9.78 Å². The van der Waals surface area contributed by atoms with Gasteiger partial charge in [0.2, 0.25) is 0 Å². The molecular formula is C14H15NO2S. The maximum Gasteiger partial charge on any atom is 0.349 e. The van der Waals surface area contributed by atoms with Crippen LogP contribution in [0, 0.1) is 6.92 Å². The molecule has 2 aromatic rings. The van der Waals surface area contributed by atoms with Crippen LogP contribution in [0.3, 0.4) is 0 Å². The summed E-state index contributed by atoms with van der Waals surface area (Å²) < 4.78 is 4.73. The van der Waals surface area contributed by atoms with E-state index in [9.17, 15) is 4.79 Å². The van der Waals surface area contributed by atoms with E-state index in [-0.39, 0.29) is 5.97 Å². The fourth-order valence-corrected chi connectivity index (χ4v) is 2.67. The van der Waals surface area contributed by atoms with Crippen LogP contribution in [0.4, 0.5) is 0 Å². The Bertz CT molecular complexity index is 558. The number of aryl methyl sites for hydroxylation is 2. The van der Waals surface area contributed by atoms with Crippen molar-refractivity contribution >= 4 is 17.3 Å². The molecular weight excluding hydrogens is 246 g/mol. The molecule has 1 aromatic carbocycles. The predicted octanol–water partition coefficient (Wildman–Crippen LogP) is 3.47. The fourth-order valence-electron chi connectivity index (χ4n) is 1.69. The molecule has 1 aromatic heterocycles. The SMILES string of the molecule is CCc1ccc(-c2nc(C)c(C(=O)OC)s2)cc1. The zero-order valence-corrected chi connectivity index (χ0v) is 11.5. The number of benzene rings is 1. The highest BCUT2D eigenvalue weighted by atomic mass is 32.1. The molecule has 4 heteroatoms. The van der Waals surface area contributed by atoms with Crippen LogP contribution >= 0.6 is 11.3 Å². The summed E-state index contributed by atoms with van der Waals surface area (Å²) in [6, 6.07) is 8.25. The van der Waals surface area contributed by atoms with Gasteiger partial charge in [0, 0.05) is 5.56 Å². The number of aromatic nitrogens is 1. The van der Waals surface area contributed by atoms with E-state index in [1.165, 1.54) is 24.0 Å². The third kappa shape index (κ3) is 2.43. The molecule has 0 spiro atoms. The van der Waals surface area contributed by atoms with E-state index in [0.717, 1.165) is 22.7 Å². The topological polar surface area (TPSA) is 39.2 Å². The summed E-state index contributed by atoms with van der Waals surface area (Å²) in [5.41, 5.74) is 3.05. The maximum absolute atomic E-state index is 11.5. The summed E-state index contributed by atoms with van der Waals surface area (Å²) in [7, 11) is 1.39. The van der Waals surface area contributed by atoms with E-state index in [1.807, 2.05) is 19.1 Å². The summed E-state index contributed by atoms with van der Waals surface area (Å²) >= 11 is 1.37. The van der Waals surface area contributed by atoms with E-state index in [4.69, 9.17) is 4.74 Å². The van der Waals surface area contributed by atoms with Crippen molar-refractivity contribution in [1.82, 2.24) is 4.98 Å². The number of nitrogens with zero attached hydrogens (tertiary/aromatic N) is 1. The average Bonchev–Trinajstić information content (AvgIpc) is 2.80. The first-order valence-corrected chi connectivity index (χ1v) is 6.62. The Labute approximate surface area is 110 Å². The Kier molecular flexibility index (Phi) is 3.77. The standard InChI is InChI=1S/C14H15NO2S/c1-4-10-5-7-11(8-6-10)13-15-9(2)12(18-13)14(16)17-3/h5-8H,4H2,1-3H3. The molecule has 0 saturated heterocycles. The van der Waals surface area contributed by atoms with Crippen molar-refractivity contribution in [3.63, 3.8) is 0 Å². The van der Waals surface area contributed by atoms with Crippen LogP contribution in [-0.4, -0.2) is 18.1 Å². The molecule has 0 saturated carbocycles. The summed E-state index contributed by atoms with van der Waals surface area (Å²) in [5.74, 6) is -0.318. The van der Waals surface area contributed by atoms with Gasteiger partial charge < -0.3 is 4.74 Å². The highest BCUT2D eigenvalue weighted by Crippen LogP contribution is 2.28. The van der Waals surface area contributed by atoms with E-state index in [0.29, 0.717) is 4.88 Å². The Morgan fingerprint density at radius 3 is 2.56 bits per heavy atom. The van der Waals surface area contributed by atoms with Crippen LogP contribution in [0.1, 0.15) is 27.9 Å². The zero-order valence-electron chi connectivity index (χ0n) is 10.7. The van der Waals surface area contributed by atoms with Crippen molar-refractivity contribution in [3.8, 4) is 10.6 Å². The van der Waals surface area contributed by atoms with Gasteiger partial charge in [-0.1, -0.05) is 31.2 Å². The molecule has 0 aliphatic rings. The maximum atomic E-state index is 11.5. The van der Waals surface area contributed by atoms with Gasteiger partial charge in [-0.3, -0.25) is 0 Å². The summed E-state index contributed by atoms with van der Waals surface area (Å²) in [4.78, 5) is 16.5. The first-order chi connectivity index (χ1) is 8.65. The smallest absolute Gasteiger partial charge is 0.349 e. The molecule has 1 heterocycles. The molecule has 94 valence electrons. The zero-order chi connectivity index (χ0) is 13.1. The van der Waals surface area contributed by atoms with Crippen molar-refractivity contribution in [2.24, 2.45) is 0 Å². The van der Waals surface area contributed by atoms with Crippen molar-refractivity contribution in [2.45, 2.75) is 20.3 Å². The molecule has 0 atom stereocenters. The Hall–Kier alpha value is -1.68. The number of carbonyl (C=O) groups excluding carboxylic acids is 1.